The fourth-order valence-electron chi connectivity index (χ4n) is 2.98. The molecule has 2 heterocycles. The number of benzene rings is 1. The van der Waals surface area contributed by atoms with Gasteiger partial charge in [-0.25, -0.2) is 0 Å². The zero-order chi connectivity index (χ0) is 18.0. The molecule has 0 aliphatic rings. The molecule has 0 radical (unpaired) electrons. The lowest BCUT2D eigenvalue weighted by molar-refractivity contribution is 0.101. The molecule has 0 aliphatic carbocycles. The van der Waals surface area contributed by atoms with E-state index in [2.05, 4.69) is 15.5 Å². The lowest BCUT2D eigenvalue weighted by atomic mass is 10.1. The zero-order valence-electron chi connectivity index (χ0n) is 14.9. The molecule has 132 valence electrons. The Balaban J connectivity index is 2.01. The van der Waals surface area contributed by atoms with Crippen LogP contribution >= 0.6 is 11.3 Å². The number of aryl methyl sites for hydroxylation is 3. The highest BCUT2D eigenvalue weighted by Gasteiger charge is 2.21. The molecule has 0 aliphatic heterocycles. The average Bonchev–Trinajstić information content (AvgIpc) is 3.17. The van der Waals surface area contributed by atoms with Gasteiger partial charge in [0.15, 0.2) is 0 Å². The number of ether oxygens (including phenoxy) is 1. The normalized spacial score (nSPS) is 11.0. The van der Waals surface area contributed by atoms with Crippen molar-refractivity contribution < 1.29 is 9.53 Å². The lowest BCUT2D eigenvalue weighted by Crippen LogP contribution is -2.17. The van der Waals surface area contributed by atoms with Gasteiger partial charge in [0.1, 0.15) is 16.5 Å². The Morgan fingerprint density at radius 2 is 2.08 bits per heavy atom. The van der Waals surface area contributed by atoms with E-state index in [1.165, 1.54) is 11.3 Å². The Bertz CT molecular complexity index is 913. The minimum absolute atomic E-state index is 0.160. The van der Waals surface area contributed by atoms with E-state index in [0.717, 1.165) is 33.6 Å². The molecule has 6 nitrogen and oxygen atoms in total. The zero-order valence-corrected chi connectivity index (χ0v) is 15.7. The van der Waals surface area contributed by atoms with E-state index in [4.69, 9.17) is 4.74 Å². The molecule has 0 saturated heterocycles. The van der Waals surface area contributed by atoms with E-state index < -0.39 is 0 Å². The van der Waals surface area contributed by atoms with Crippen LogP contribution in [0.25, 0.3) is 10.9 Å². The molecule has 0 spiro atoms. The van der Waals surface area contributed by atoms with Crippen molar-refractivity contribution in [1.29, 1.82) is 0 Å². The first-order chi connectivity index (χ1) is 12.1. The van der Waals surface area contributed by atoms with E-state index in [1.54, 1.807) is 0 Å². The van der Waals surface area contributed by atoms with Crippen molar-refractivity contribution in [3.8, 4) is 5.75 Å². The number of anilines is 1. The number of aromatic nitrogens is 3. The van der Waals surface area contributed by atoms with Crippen LogP contribution in [0, 0.1) is 6.92 Å². The van der Waals surface area contributed by atoms with Crippen LogP contribution in [-0.4, -0.2) is 27.3 Å². The van der Waals surface area contributed by atoms with Gasteiger partial charge in [0, 0.05) is 17.4 Å². The maximum absolute atomic E-state index is 12.9. The fraction of sp³-hybridized carbons (Fsp3) is 0.389. The van der Waals surface area contributed by atoms with Gasteiger partial charge in [-0.3, -0.25) is 10.1 Å². The van der Waals surface area contributed by atoms with Gasteiger partial charge in [0.05, 0.1) is 6.61 Å². The summed E-state index contributed by atoms with van der Waals surface area (Å²) in [6, 6.07) is 5.95. The molecule has 0 unspecified atom stereocenters. The summed E-state index contributed by atoms with van der Waals surface area (Å²) < 4.78 is 7.62. The monoisotopic (exact) mass is 358 g/mol. The highest BCUT2D eigenvalue weighted by Crippen LogP contribution is 2.30. The van der Waals surface area contributed by atoms with Crippen molar-refractivity contribution in [2.45, 2.75) is 40.7 Å². The van der Waals surface area contributed by atoms with Crippen molar-refractivity contribution >= 4 is 33.3 Å². The Kier molecular flexibility index (Phi) is 5.03. The lowest BCUT2D eigenvalue weighted by Gasteiger charge is -2.08. The van der Waals surface area contributed by atoms with Gasteiger partial charge in [-0.1, -0.05) is 18.3 Å². The van der Waals surface area contributed by atoms with Crippen LogP contribution in [-0.2, 0) is 13.0 Å². The third kappa shape index (κ3) is 3.24. The number of hydrogen-bond acceptors (Lipinski definition) is 5. The standard InChI is InChI=1S/C18H22N4O2S/c1-5-15-20-21-18(25-15)19-17(23)16-11(4)13-10-12(24-7-3)8-9-14(13)22(16)6-2/h8-10H,5-7H2,1-4H3,(H,19,21,23). The van der Waals surface area contributed by atoms with Gasteiger partial charge in [-0.2, -0.15) is 0 Å². The maximum Gasteiger partial charge on any atom is 0.274 e. The Morgan fingerprint density at radius 3 is 2.72 bits per heavy atom. The van der Waals surface area contributed by atoms with E-state index in [-0.39, 0.29) is 5.91 Å². The third-order valence-corrected chi connectivity index (χ3v) is 5.10. The largest absolute Gasteiger partial charge is 0.494 e. The van der Waals surface area contributed by atoms with E-state index in [9.17, 15) is 4.79 Å². The number of nitrogens with one attached hydrogen (secondary N) is 1. The summed E-state index contributed by atoms with van der Waals surface area (Å²) in [5, 5.41) is 13.4. The molecule has 1 amide bonds. The van der Waals surface area contributed by atoms with Gasteiger partial charge >= 0.3 is 0 Å². The van der Waals surface area contributed by atoms with Crippen LogP contribution in [0.3, 0.4) is 0 Å². The minimum Gasteiger partial charge on any atom is -0.494 e. The third-order valence-electron chi connectivity index (χ3n) is 4.12. The fourth-order valence-corrected chi connectivity index (χ4v) is 3.66. The first kappa shape index (κ1) is 17.4. The number of fused-ring (bicyclic) bond motifs is 1. The minimum atomic E-state index is -0.160. The number of amides is 1. The number of rotatable bonds is 6. The molecule has 2 aromatic heterocycles. The molecular formula is C18H22N4O2S. The van der Waals surface area contributed by atoms with Crippen LogP contribution in [0.15, 0.2) is 18.2 Å². The summed E-state index contributed by atoms with van der Waals surface area (Å²) in [7, 11) is 0. The Morgan fingerprint density at radius 1 is 1.28 bits per heavy atom. The van der Waals surface area contributed by atoms with Gasteiger partial charge in [0.2, 0.25) is 5.13 Å². The van der Waals surface area contributed by atoms with Crippen LogP contribution in [0.1, 0.15) is 41.8 Å². The molecule has 3 rings (SSSR count). The molecule has 25 heavy (non-hydrogen) atoms. The molecule has 0 saturated carbocycles. The van der Waals surface area contributed by atoms with Crippen molar-refractivity contribution in [3.05, 3.63) is 34.5 Å². The first-order valence-corrected chi connectivity index (χ1v) is 9.30. The highest BCUT2D eigenvalue weighted by molar-refractivity contribution is 7.15. The Hall–Kier alpha value is -2.41. The summed E-state index contributed by atoms with van der Waals surface area (Å²) in [4.78, 5) is 12.9. The topological polar surface area (TPSA) is 69.0 Å². The van der Waals surface area contributed by atoms with Gasteiger partial charge in [0.25, 0.3) is 5.91 Å². The summed E-state index contributed by atoms with van der Waals surface area (Å²) in [5.41, 5.74) is 2.62. The number of nitrogens with zero attached hydrogens (tertiary/aromatic N) is 3. The van der Waals surface area contributed by atoms with E-state index in [1.807, 2.05) is 50.5 Å². The molecular weight excluding hydrogens is 336 g/mol. The first-order valence-electron chi connectivity index (χ1n) is 8.48. The van der Waals surface area contributed by atoms with Crippen molar-refractivity contribution in [1.82, 2.24) is 14.8 Å². The van der Waals surface area contributed by atoms with Crippen molar-refractivity contribution in [2.75, 3.05) is 11.9 Å². The Labute approximate surface area is 150 Å². The number of hydrogen-bond donors (Lipinski definition) is 1. The van der Waals surface area contributed by atoms with Crippen LogP contribution < -0.4 is 10.1 Å². The smallest absolute Gasteiger partial charge is 0.274 e. The van der Waals surface area contributed by atoms with Gasteiger partial charge in [-0.05, 0) is 51.0 Å². The van der Waals surface area contributed by atoms with Gasteiger partial charge < -0.3 is 9.30 Å². The molecule has 7 heteroatoms. The van der Waals surface area contributed by atoms with Crippen molar-refractivity contribution in [3.63, 3.8) is 0 Å². The molecule has 1 N–H and O–H groups in total. The number of carbonyl (C=O) groups is 1. The van der Waals surface area contributed by atoms with E-state index >= 15 is 0 Å². The van der Waals surface area contributed by atoms with Gasteiger partial charge in [-0.15, -0.1) is 10.2 Å². The second-order valence-corrected chi connectivity index (χ2v) is 6.70. The average molecular weight is 358 g/mol. The van der Waals surface area contributed by atoms with E-state index in [0.29, 0.717) is 24.0 Å². The second-order valence-electron chi connectivity index (χ2n) is 5.64. The highest BCUT2D eigenvalue weighted by atomic mass is 32.1. The molecule has 1 aromatic carbocycles. The second kappa shape index (κ2) is 7.23. The summed E-state index contributed by atoms with van der Waals surface area (Å²) in [6.45, 7) is 9.30. The maximum atomic E-state index is 12.9. The van der Waals surface area contributed by atoms with Crippen LogP contribution in [0.5, 0.6) is 5.75 Å². The molecule has 0 atom stereocenters. The molecule has 0 fully saturated rings. The van der Waals surface area contributed by atoms with Crippen molar-refractivity contribution in [2.24, 2.45) is 0 Å². The van der Waals surface area contributed by atoms with Crippen LogP contribution in [0.2, 0.25) is 0 Å². The predicted molar refractivity (Wildman–Crippen MR) is 101 cm³/mol. The number of carbonyl (C=O) groups excluding carboxylic acids is 1. The SMILES string of the molecule is CCOc1ccc2c(c1)c(C)c(C(=O)Nc1nnc(CC)s1)n2CC. The van der Waals surface area contributed by atoms with Crippen LogP contribution in [0.4, 0.5) is 5.13 Å². The summed E-state index contributed by atoms with van der Waals surface area (Å²) in [6.07, 6.45) is 0.808. The summed E-state index contributed by atoms with van der Waals surface area (Å²) >= 11 is 1.41. The predicted octanol–water partition coefficient (Wildman–Crippen LogP) is 4.03. The quantitative estimate of drug-likeness (QED) is 0.722. The summed E-state index contributed by atoms with van der Waals surface area (Å²) in [5.74, 6) is 0.655. The molecule has 3 aromatic rings. The molecule has 0 bridgehead atoms.